The van der Waals surface area contributed by atoms with Gasteiger partial charge < -0.3 is 0 Å². The van der Waals surface area contributed by atoms with E-state index >= 15 is 0 Å². The van der Waals surface area contributed by atoms with Gasteiger partial charge in [0.05, 0.1) is 5.70 Å². The smallest absolute Gasteiger partial charge is 0.125 e. The van der Waals surface area contributed by atoms with E-state index in [2.05, 4.69) is 39.2 Å². The summed E-state index contributed by atoms with van der Waals surface area (Å²) in [4.78, 5) is 0. The SMILES string of the molecule is IC1=N[N]C(C2CC2)=C1. The molecule has 0 spiro atoms. The molecular weight excluding hydrogens is 227 g/mol. The lowest BCUT2D eigenvalue weighted by molar-refractivity contribution is 0.798. The third-order valence-electron chi connectivity index (χ3n) is 1.52. The predicted octanol–water partition coefficient (Wildman–Crippen LogP) is 1.65. The molecule has 1 fully saturated rings. The Labute approximate surface area is 67.5 Å². The topological polar surface area (TPSA) is 26.5 Å². The van der Waals surface area contributed by atoms with Gasteiger partial charge in [-0.25, -0.2) is 0 Å². The Morgan fingerprint density at radius 1 is 1.56 bits per heavy atom. The molecule has 0 bridgehead atoms. The van der Waals surface area contributed by atoms with E-state index in [0.717, 1.165) is 9.64 Å². The van der Waals surface area contributed by atoms with Crippen molar-refractivity contribution in [2.24, 2.45) is 11.0 Å². The number of halogens is 1. The second-order valence-electron chi connectivity index (χ2n) is 2.37. The fourth-order valence-electron chi connectivity index (χ4n) is 0.864. The molecule has 0 saturated heterocycles. The largest absolute Gasteiger partial charge is 0.154 e. The van der Waals surface area contributed by atoms with Crippen LogP contribution in [0.15, 0.2) is 16.9 Å². The van der Waals surface area contributed by atoms with E-state index in [4.69, 9.17) is 0 Å². The first-order chi connectivity index (χ1) is 4.36. The summed E-state index contributed by atoms with van der Waals surface area (Å²) in [5, 5.41) is 3.91. The molecule has 47 valence electrons. The molecule has 1 aliphatic heterocycles. The number of rotatable bonds is 1. The first-order valence-corrected chi connectivity index (χ1v) is 4.10. The first-order valence-electron chi connectivity index (χ1n) is 3.02. The van der Waals surface area contributed by atoms with Crippen LogP contribution in [-0.2, 0) is 0 Å². The Morgan fingerprint density at radius 2 is 2.33 bits per heavy atom. The number of hydrogen-bond acceptors (Lipinski definition) is 1. The summed E-state index contributed by atoms with van der Waals surface area (Å²) in [6, 6.07) is 0. The van der Waals surface area contributed by atoms with Crippen LogP contribution >= 0.6 is 22.6 Å². The van der Waals surface area contributed by atoms with Gasteiger partial charge in [0.25, 0.3) is 0 Å². The van der Waals surface area contributed by atoms with Crippen LogP contribution in [0, 0.1) is 5.92 Å². The molecule has 1 aliphatic carbocycles. The molecule has 0 aromatic carbocycles. The molecule has 9 heavy (non-hydrogen) atoms. The minimum absolute atomic E-state index is 0.751. The van der Waals surface area contributed by atoms with Crippen LogP contribution in [0.2, 0.25) is 0 Å². The van der Waals surface area contributed by atoms with E-state index in [-0.39, 0.29) is 0 Å². The quantitative estimate of drug-likeness (QED) is 0.615. The van der Waals surface area contributed by atoms with Crippen LogP contribution in [-0.4, -0.2) is 3.72 Å². The van der Waals surface area contributed by atoms with E-state index in [1.807, 2.05) is 0 Å². The molecule has 2 aliphatic rings. The lowest BCUT2D eigenvalue weighted by Crippen LogP contribution is -1.92. The lowest BCUT2D eigenvalue weighted by atomic mass is 10.3. The van der Waals surface area contributed by atoms with Crippen molar-refractivity contribution in [3.8, 4) is 0 Å². The Kier molecular flexibility index (Phi) is 1.25. The number of hydrogen-bond donors (Lipinski definition) is 0. The fraction of sp³-hybridized carbons (Fsp3) is 0.500. The minimum Gasteiger partial charge on any atom is -0.154 e. The average molecular weight is 233 g/mol. The Bertz CT molecular complexity index is 191. The van der Waals surface area contributed by atoms with E-state index in [1.54, 1.807) is 0 Å². The van der Waals surface area contributed by atoms with Crippen LogP contribution in [0.4, 0.5) is 0 Å². The van der Waals surface area contributed by atoms with Crippen molar-refractivity contribution in [2.75, 3.05) is 0 Å². The zero-order valence-electron chi connectivity index (χ0n) is 4.84. The summed E-state index contributed by atoms with van der Waals surface area (Å²) < 4.78 is 1.02. The molecule has 0 unspecified atom stereocenters. The summed E-state index contributed by atoms with van der Waals surface area (Å²) >= 11 is 2.19. The third-order valence-corrected chi connectivity index (χ3v) is 2.05. The van der Waals surface area contributed by atoms with Crippen molar-refractivity contribution >= 4 is 26.3 Å². The molecule has 2 rings (SSSR count). The molecule has 0 atom stereocenters. The van der Waals surface area contributed by atoms with Gasteiger partial charge in [-0.05, 0) is 41.5 Å². The molecule has 0 amide bonds. The minimum atomic E-state index is 0.751. The highest BCUT2D eigenvalue weighted by Gasteiger charge is 2.28. The van der Waals surface area contributed by atoms with Crippen molar-refractivity contribution in [1.29, 1.82) is 0 Å². The molecule has 0 N–H and O–H groups in total. The van der Waals surface area contributed by atoms with Gasteiger partial charge in [-0.1, -0.05) is 0 Å². The van der Waals surface area contributed by atoms with E-state index in [1.165, 1.54) is 18.5 Å². The third kappa shape index (κ3) is 1.10. The summed E-state index contributed by atoms with van der Waals surface area (Å²) in [7, 11) is 0. The summed E-state index contributed by atoms with van der Waals surface area (Å²) in [5.74, 6) is 0.751. The van der Waals surface area contributed by atoms with Crippen LogP contribution in [0.1, 0.15) is 12.8 Å². The molecule has 0 aromatic rings. The van der Waals surface area contributed by atoms with Crippen LogP contribution in [0.5, 0.6) is 0 Å². The molecule has 2 nitrogen and oxygen atoms in total. The Morgan fingerprint density at radius 3 is 2.78 bits per heavy atom. The summed E-state index contributed by atoms with van der Waals surface area (Å²) in [5.41, 5.74) is 5.21. The lowest BCUT2D eigenvalue weighted by Gasteiger charge is -1.89. The average Bonchev–Trinajstić information content (AvgIpc) is 2.58. The van der Waals surface area contributed by atoms with Gasteiger partial charge in [-0.3, -0.25) is 0 Å². The van der Waals surface area contributed by atoms with Gasteiger partial charge in [0, 0.05) is 5.92 Å². The van der Waals surface area contributed by atoms with Crippen molar-refractivity contribution in [1.82, 2.24) is 5.43 Å². The van der Waals surface area contributed by atoms with Gasteiger partial charge >= 0.3 is 0 Å². The predicted molar refractivity (Wildman–Crippen MR) is 44.4 cm³/mol. The summed E-state index contributed by atoms with van der Waals surface area (Å²) in [6.45, 7) is 0. The van der Waals surface area contributed by atoms with Crippen molar-refractivity contribution in [3.63, 3.8) is 0 Å². The molecule has 0 aromatic heterocycles. The molecule has 3 heteroatoms. The van der Waals surface area contributed by atoms with Gasteiger partial charge in [0.15, 0.2) is 0 Å². The Hall–Kier alpha value is -0.0600. The summed E-state index contributed by atoms with van der Waals surface area (Å²) in [6.07, 6.45) is 4.70. The first kappa shape index (κ1) is 5.70. The van der Waals surface area contributed by atoms with Crippen LogP contribution in [0.25, 0.3) is 0 Å². The number of allylic oxidation sites excluding steroid dienone is 2. The van der Waals surface area contributed by atoms with Gasteiger partial charge in [0.2, 0.25) is 0 Å². The second-order valence-corrected chi connectivity index (χ2v) is 3.47. The Balaban J connectivity index is 2.09. The van der Waals surface area contributed by atoms with Crippen LogP contribution in [0.3, 0.4) is 0 Å². The normalized spacial score (nSPS) is 25.0. The number of nitrogens with zero attached hydrogens (tertiary/aromatic N) is 2. The maximum Gasteiger partial charge on any atom is 0.125 e. The monoisotopic (exact) mass is 233 g/mol. The highest BCUT2D eigenvalue weighted by molar-refractivity contribution is 14.1. The molecule has 1 saturated carbocycles. The van der Waals surface area contributed by atoms with Gasteiger partial charge in [-0.2, -0.15) is 5.43 Å². The molecule has 1 radical (unpaired) electrons. The van der Waals surface area contributed by atoms with E-state index < -0.39 is 0 Å². The van der Waals surface area contributed by atoms with Crippen molar-refractivity contribution < 1.29 is 0 Å². The van der Waals surface area contributed by atoms with Crippen molar-refractivity contribution in [3.05, 3.63) is 11.8 Å². The molecular formula is C6H6IN2. The van der Waals surface area contributed by atoms with Gasteiger partial charge in [-0.15, -0.1) is 5.10 Å². The standard InChI is InChI=1S/C6H6IN2/c7-6-3-5(8-9-6)4-1-2-4/h3-4H,1-2H2. The highest BCUT2D eigenvalue weighted by atomic mass is 127. The van der Waals surface area contributed by atoms with Gasteiger partial charge in [0.1, 0.15) is 3.72 Å². The zero-order chi connectivity index (χ0) is 6.27. The fourth-order valence-corrected chi connectivity index (χ4v) is 1.29. The van der Waals surface area contributed by atoms with Crippen LogP contribution < -0.4 is 5.43 Å². The maximum absolute atomic E-state index is 4.02. The van der Waals surface area contributed by atoms with E-state index in [9.17, 15) is 0 Å². The second kappa shape index (κ2) is 1.97. The zero-order valence-corrected chi connectivity index (χ0v) is 7.00. The maximum atomic E-state index is 4.02. The molecule has 1 heterocycles. The highest BCUT2D eigenvalue weighted by Crippen LogP contribution is 2.37. The van der Waals surface area contributed by atoms with Crippen molar-refractivity contribution in [2.45, 2.75) is 12.8 Å². The van der Waals surface area contributed by atoms with E-state index in [0.29, 0.717) is 0 Å².